The van der Waals surface area contributed by atoms with Crippen LogP contribution in [0.4, 0.5) is 0 Å². The minimum atomic E-state index is 0.306. The summed E-state index contributed by atoms with van der Waals surface area (Å²) in [6.45, 7) is 2.23. The third-order valence-corrected chi connectivity index (χ3v) is 5.31. The SMILES string of the molecule is CC(NC1CCCC(C2CC2)C1)c1nc2ccccc2[nH]1. The monoisotopic (exact) mass is 283 g/mol. The molecule has 2 fully saturated rings. The topological polar surface area (TPSA) is 40.7 Å². The molecule has 0 bridgehead atoms. The molecule has 2 saturated carbocycles. The van der Waals surface area contributed by atoms with Gasteiger partial charge in [-0.15, -0.1) is 0 Å². The Labute approximate surface area is 126 Å². The van der Waals surface area contributed by atoms with Crippen LogP contribution in [0.5, 0.6) is 0 Å². The highest BCUT2D eigenvalue weighted by molar-refractivity contribution is 5.74. The molecule has 4 rings (SSSR count). The van der Waals surface area contributed by atoms with Crippen LogP contribution in [0.25, 0.3) is 11.0 Å². The van der Waals surface area contributed by atoms with Crippen molar-refractivity contribution in [1.82, 2.24) is 15.3 Å². The molecule has 2 N–H and O–H groups in total. The van der Waals surface area contributed by atoms with E-state index in [1.807, 2.05) is 6.07 Å². The predicted octanol–water partition coefficient (Wildman–Crippen LogP) is 4.18. The van der Waals surface area contributed by atoms with Crippen molar-refractivity contribution < 1.29 is 0 Å². The summed E-state index contributed by atoms with van der Waals surface area (Å²) in [5.41, 5.74) is 2.21. The van der Waals surface area contributed by atoms with Crippen LogP contribution in [0.3, 0.4) is 0 Å². The number of imidazole rings is 1. The number of H-pyrrole nitrogens is 1. The van der Waals surface area contributed by atoms with Gasteiger partial charge in [-0.05, 0) is 56.6 Å². The average Bonchev–Trinajstić information content (AvgIpc) is 3.26. The van der Waals surface area contributed by atoms with Gasteiger partial charge in [-0.3, -0.25) is 0 Å². The molecular formula is C18H25N3. The molecule has 21 heavy (non-hydrogen) atoms. The fraction of sp³-hybridized carbons (Fsp3) is 0.611. The van der Waals surface area contributed by atoms with E-state index in [0.29, 0.717) is 12.1 Å². The number of aromatic nitrogens is 2. The number of benzene rings is 1. The summed E-state index contributed by atoms with van der Waals surface area (Å²) in [4.78, 5) is 8.18. The summed E-state index contributed by atoms with van der Waals surface area (Å²) in [6, 6.07) is 9.26. The maximum absolute atomic E-state index is 4.73. The Kier molecular flexibility index (Phi) is 3.46. The van der Waals surface area contributed by atoms with E-state index in [4.69, 9.17) is 4.98 Å². The van der Waals surface area contributed by atoms with Crippen molar-refractivity contribution in [2.45, 2.75) is 57.5 Å². The minimum absolute atomic E-state index is 0.306. The largest absolute Gasteiger partial charge is 0.341 e. The molecule has 3 nitrogen and oxygen atoms in total. The maximum atomic E-state index is 4.73. The van der Waals surface area contributed by atoms with E-state index < -0.39 is 0 Å². The zero-order valence-corrected chi connectivity index (χ0v) is 12.8. The van der Waals surface area contributed by atoms with Gasteiger partial charge in [0.2, 0.25) is 0 Å². The van der Waals surface area contributed by atoms with Crippen molar-refractivity contribution in [3.63, 3.8) is 0 Å². The van der Waals surface area contributed by atoms with Gasteiger partial charge in [-0.2, -0.15) is 0 Å². The fourth-order valence-electron chi connectivity index (χ4n) is 3.98. The second kappa shape index (κ2) is 5.45. The van der Waals surface area contributed by atoms with E-state index in [2.05, 4.69) is 35.4 Å². The summed E-state index contributed by atoms with van der Waals surface area (Å²) in [5.74, 6) is 3.11. The smallest absolute Gasteiger partial charge is 0.124 e. The van der Waals surface area contributed by atoms with Crippen LogP contribution in [0, 0.1) is 11.8 Å². The first kappa shape index (κ1) is 13.3. The van der Waals surface area contributed by atoms with Crippen LogP contribution in [0.2, 0.25) is 0 Å². The molecule has 0 spiro atoms. The first-order valence-electron chi connectivity index (χ1n) is 8.50. The zero-order valence-electron chi connectivity index (χ0n) is 12.8. The van der Waals surface area contributed by atoms with Crippen molar-refractivity contribution in [3.05, 3.63) is 30.1 Å². The molecule has 3 heteroatoms. The highest BCUT2D eigenvalue weighted by atomic mass is 15.0. The molecule has 3 unspecified atom stereocenters. The lowest BCUT2D eigenvalue weighted by Gasteiger charge is -2.31. The maximum Gasteiger partial charge on any atom is 0.124 e. The molecule has 0 aliphatic heterocycles. The minimum Gasteiger partial charge on any atom is -0.341 e. The van der Waals surface area contributed by atoms with Crippen molar-refractivity contribution >= 4 is 11.0 Å². The molecule has 2 aromatic rings. The van der Waals surface area contributed by atoms with Gasteiger partial charge in [-0.25, -0.2) is 4.98 Å². The summed E-state index contributed by atoms with van der Waals surface area (Å²) in [7, 11) is 0. The quantitative estimate of drug-likeness (QED) is 0.883. The van der Waals surface area contributed by atoms with Crippen LogP contribution in [0.15, 0.2) is 24.3 Å². The van der Waals surface area contributed by atoms with E-state index in [0.717, 1.165) is 28.7 Å². The first-order chi connectivity index (χ1) is 10.3. The van der Waals surface area contributed by atoms with E-state index >= 15 is 0 Å². The second-order valence-electron chi connectivity index (χ2n) is 6.99. The molecule has 2 aliphatic rings. The van der Waals surface area contributed by atoms with Gasteiger partial charge in [0.25, 0.3) is 0 Å². The number of aromatic amines is 1. The van der Waals surface area contributed by atoms with Crippen LogP contribution < -0.4 is 5.32 Å². The molecule has 3 atom stereocenters. The Morgan fingerprint density at radius 3 is 2.81 bits per heavy atom. The number of rotatable bonds is 4. The summed E-state index contributed by atoms with van der Waals surface area (Å²) < 4.78 is 0. The van der Waals surface area contributed by atoms with E-state index in [1.165, 1.54) is 38.5 Å². The Morgan fingerprint density at radius 1 is 1.14 bits per heavy atom. The molecule has 0 amide bonds. The summed E-state index contributed by atoms with van der Waals surface area (Å²) >= 11 is 0. The molecule has 1 aromatic carbocycles. The van der Waals surface area contributed by atoms with E-state index in [9.17, 15) is 0 Å². The molecule has 0 saturated heterocycles. The average molecular weight is 283 g/mol. The van der Waals surface area contributed by atoms with Crippen molar-refractivity contribution in [3.8, 4) is 0 Å². The van der Waals surface area contributed by atoms with Crippen LogP contribution >= 0.6 is 0 Å². The van der Waals surface area contributed by atoms with Crippen molar-refractivity contribution in [2.75, 3.05) is 0 Å². The van der Waals surface area contributed by atoms with Crippen LogP contribution in [-0.4, -0.2) is 16.0 Å². The van der Waals surface area contributed by atoms with Gasteiger partial charge >= 0.3 is 0 Å². The van der Waals surface area contributed by atoms with Gasteiger partial charge < -0.3 is 10.3 Å². The van der Waals surface area contributed by atoms with Crippen LogP contribution in [-0.2, 0) is 0 Å². The molecule has 1 heterocycles. The lowest BCUT2D eigenvalue weighted by atomic mass is 9.82. The van der Waals surface area contributed by atoms with Gasteiger partial charge in [-0.1, -0.05) is 25.0 Å². The fourth-order valence-corrected chi connectivity index (χ4v) is 3.98. The molecule has 112 valence electrons. The summed E-state index contributed by atoms with van der Waals surface area (Å²) in [5, 5.41) is 3.81. The standard InChI is InChI=1S/C18H25N3/c1-12(18-20-16-7-2-3-8-17(16)21-18)19-15-6-4-5-14(11-15)13-9-10-13/h2-3,7-8,12-15,19H,4-6,9-11H2,1H3,(H,20,21). The molecule has 0 radical (unpaired) electrons. The van der Waals surface area contributed by atoms with Gasteiger partial charge in [0.1, 0.15) is 5.82 Å². The first-order valence-corrected chi connectivity index (χ1v) is 8.50. The third-order valence-electron chi connectivity index (χ3n) is 5.31. The highest BCUT2D eigenvalue weighted by Gasteiger charge is 2.35. The predicted molar refractivity (Wildman–Crippen MR) is 86.1 cm³/mol. The van der Waals surface area contributed by atoms with Crippen molar-refractivity contribution in [2.24, 2.45) is 11.8 Å². The number of para-hydroxylation sites is 2. The number of hydrogen-bond acceptors (Lipinski definition) is 2. The molecule has 2 aliphatic carbocycles. The Morgan fingerprint density at radius 2 is 2.00 bits per heavy atom. The molecule has 1 aromatic heterocycles. The second-order valence-corrected chi connectivity index (χ2v) is 6.99. The van der Waals surface area contributed by atoms with Gasteiger partial charge in [0.15, 0.2) is 0 Å². The zero-order chi connectivity index (χ0) is 14.2. The lowest BCUT2D eigenvalue weighted by Crippen LogP contribution is -2.36. The Balaban J connectivity index is 1.43. The summed E-state index contributed by atoms with van der Waals surface area (Å²) in [6.07, 6.45) is 8.52. The third kappa shape index (κ3) is 2.84. The Bertz CT molecular complexity index is 581. The number of fused-ring (bicyclic) bond motifs is 1. The normalized spacial score (nSPS) is 27.9. The number of nitrogens with one attached hydrogen (secondary N) is 2. The van der Waals surface area contributed by atoms with E-state index in [-0.39, 0.29) is 0 Å². The van der Waals surface area contributed by atoms with Gasteiger partial charge in [0, 0.05) is 6.04 Å². The number of hydrogen-bond donors (Lipinski definition) is 2. The molecular weight excluding hydrogens is 258 g/mol. The number of nitrogens with zero attached hydrogens (tertiary/aromatic N) is 1. The Hall–Kier alpha value is -1.35. The van der Waals surface area contributed by atoms with E-state index in [1.54, 1.807) is 0 Å². The van der Waals surface area contributed by atoms with Gasteiger partial charge in [0.05, 0.1) is 17.1 Å². The lowest BCUT2D eigenvalue weighted by molar-refractivity contribution is 0.248. The van der Waals surface area contributed by atoms with Crippen LogP contribution in [0.1, 0.15) is 57.3 Å². The highest BCUT2D eigenvalue weighted by Crippen LogP contribution is 2.44. The van der Waals surface area contributed by atoms with Crippen molar-refractivity contribution in [1.29, 1.82) is 0 Å².